The van der Waals surface area contributed by atoms with Crippen LogP contribution in [0.4, 0.5) is 10.2 Å². The predicted molar refractivity (Wildman–Crippen MR) is 112 cm³/mol. The lowest BCUT2D eigenvalue weighted by Crippen LogP contribution is -2.48. The van der Waals surface area contributed by atoms with Gasteiger partial charge < -0.3 is 10.6 Å². The van der Waals surface area contributed by atoms with E-state index in [0.717, 1.165) is 16.6 Å². The number of halogens is 1. The van der Waals surface area contributed by atoms with Crippen LogP contribution in [0.3, 0.4) is 0 Å². The van der Waals surface area contributed by atoms with E-state index in [-0.39, 0.29) is 6.04 Å². The van der Waals surface area contributed by atoms with Crippen LogP contribution in [-0.2, 0) is 0 Å². The summed E-state index contributed by atoms with van der Waals surface area (Å²) in [5.41, 5.74) is 9.08. The summed E-state index contributed by atoms with van der Waals surface area (Å²) >= 11 is 0. The number of hydrogen-bond acceptors (Lipinski definition) is 7. The maximum absolute atomic E-state index is 14.0. The molecular weight excluding hydrogens is 383 g/mol. The molecule has 152 valence electrons. The van der Waals surface area contributed by atoms with Crippen molar-refractivity contribution in [3.05, 3.63) is 54.7 Å². The number of alkyl halides is 1. The van der Waals surface area contributed by atoms with Crippen molar-refractivity contribution in [1.29, 1.82) is 0 Å². The van der Waals surface area contributed by atoms with Gasteiger partial charge in [0.2, 0.25) is 0 Å². The highest BCUT2D eigenvalue weighted by molar-refractivity contribution is 5.82. The van der Waals surface area contributed by atoms with Crippen molar-refractivity contribution in [3.8, 4) is 17.2 Å². The first kappa shape index (κ1) is 18.6. The molecule has 0 aromatic carbocycles. The number of fused-ring (bicyclic) bond motifs is 1. The third-order valence-electron chi connectivity index (χ3n) is 5.16. The number of aromatic nitrogens is 6. The summed E-state index contributed by atoms with van der Waals surface area (Å²) in [6, 6.07) is 7.37. The van der Waals surface area contributed by atoms with E-state index < -0.39 is 6.17 Å². The smallest absolute Gasteiger partial charge is 0.156 e. The van der Waals surface area contributed by atoms with Gasteiger partial charge in [0.25, 0.3) is 0 Å². The van der Waals surface area contributed by atoms with Crippen LogP contribution in [-0.4, -0.2) is 55.0 Å². The topological polar surface area (TPSA) is 98.6 Å². The molecule has 0 amide bonds. The van der Waals surface area contributed by atoms with Gasteiger partial charge in [-0.15, -0.1) is 0 Å². The molecule has 2 N–H and O–H groups in total. The maximum atomic E-state index is 14.0. The first-order valence-electron chi connectivity index (χ1n) is 9.81. The zero-order chi connectivity index (χ0) is 20.7. The van der Waals surface area contributed by atoms with Gasteiger partial charge in [-0.3, -0.25) is 9.97 Å². The molecule has 1 aliphatic rings. The standard InChI is InChI=1S/C21H21FN8/c1-13-7-24-10-18(27-13)17-6-19-14(8-25-17)9-26-30(19)21-4-2-3-20(28-21)29-11-15(22)5-16(23)12-29/h2-4,6-10,15-16H,5,11-12,23H2,1H3/t15-,16+/m1/s1. The van der Waals surface area contributed by atoms with Crippen molar-refractivity contribution in [2.45, 2.75) is 25.6 Å². The molecule has 5 rings (SSSR count). The molecule has 5 heterocycles. The summed E-state index contributed by atoms with van der Waals surface area (Å²) in [5, 5.41) is 5.38. The Balaban J connectivity index is 1.54. The van der Waals surface area contributed by atoms with E-state index >= 15 is 0 Å². The third-order valence-corrected chi connectivity index (χ3v) is 5.16. The molecular formula is C21H21FN8. The Hall–Kier alpha value is -3.46. The normalized spacial score (nSPS) is 19.4. The summed E-state index contributed by atoms with van der Waals surface area (Å²) in [4.78, 5) is 19.8. The summed E-state index contributed by atoms with van der Waals surface area (Å²) in [6.07, 6.45) is 6.34. The van der Waals surface area contributed by atoms with Gasteiger partial charge in [-0.05, 0) is 31.5 Å². The van der Waals surface area contributed by atoms with Crippen LogP contribution >= 0.6 is 0 Å². The Bertz CT molecular complexity index is 1200. The Kier molecular flexibility index (Phi) is 4.59. The Morgan fingerprint density at radius 3 is 2.73 bits per heavy atom. The molecule has 4 aromatic rings. The fourth-order valence-corrected chi connectivity index (χ4v) is 3.80. The molecule has 0 aliphatic carbocycles. The SMILES string of the molecule is Cc1cncc(-c2cc3c(cn2)cnn3-c2cccc(N3C[C@@H](N)C[C@@H](F)C3)n2)n1. The largest absolute Gasteiger partial charge is 0.352 e. The van der Waals surface area contributed by atoms with E-state index in [0.29, 0.717) is 42.5 Å². The molecule has 1 saturated heterocycles. The van der Waals surface area contributed by atoms with Crippen molar-refractivity contribution in [1.82, 2.24) is 29.7 Å². The first-order chi connectivity index (χ1) is 14.6. The van der Waals surface area contributed by atoms with Crippen LogP contribution < -0.4 is 10.6 Å². The summed E-state index contributed by atoms with van der Waals surface area (Å²) in [6.45, 7) is 2.77. The Morgan fingerprint density at radius 2 is 1.90 bits per heavy atom. The van der Waals surface area contributed by atoms with Crippen LogP contribution in [0.1, 0.15) is 12.1 Å². The third kappa shape index (κ3) is 3.48. The summed E-state index contributed by atoms with van der Waals surface area (Å²) in [7, 11) is 0. The zero-order valence-corrected chi connectivity index (χ0v) is 16.5. The van der Waals surface area contributed by atoms with E-state index in [2.05, 4.69) is 20.1 Å². The highest BCUT2D eigenvalue weighted by atomic mass is 19.1. The van der Waals surface area contributed by atoms with Crippen LogP contribution in [0.25, 0.3) is 28.1 Å². The average Bonchev–Trinajstić information content (AvgIpc) is 3.16. The zero-order valence-electron chi connectivity index (χ0n) is 16.5. The molecule has 0 radical (unpaired) electrons. The number of pyridine rings is 2. The maximum Gasteiger partial charge on any atom is 0.156 e. The number of hydrogen-bond donors (Lipinski definition) is 1. The lowest BCUT2D eigenvalue weighted by molar-refractivity contribution is 0.268. The van der Waals surface area contributed by atoms with E-state index in [1.165, 1.54) is 0 Å². The lowest BCUT2D eigenvalue weighted by Gasteiger charge is -2.33. The number of piperidine rings is 1. The lowest BCUT2D eigenvalue weighted by atomic mass is 10.1. The molecule has 0 bridgehead atoms. The minimum absolute atomic E-state index is 0.200. The highest BCUT2D eigenvalue weighted by Crippen LogP contribution is 2.24. The van der Waals surface area contributed by atoms with E-state index in [1.807, 2.05) is 36.1 Å². The van der Waals surface area contributed by atoms with Gasteiger partial charge in [-0.2, -0.15) is 5.10 Å². The molecule has 30 heavy (non-hydrogen) atoms. The molecule has 4 aromatic heterocycles. The molecule has 9 heteroatoms. The fraction of sp³-hybridized carbons (Fsp3) is 0.286. The van der Waals surface area contributed by atoms with Crippen LogP contribution in [0.5, 0.6) is 0 Å². The molecule has 2 atom stereocenters. The molecule has 0 spiro atoms. The molecule has 0 unspecified atom stereocenters. The Morgan fingerprint density at radius 1 is 1.03 bits per heavy atom. The average molecular weight is 404 g/mol. The number of rotatable bonds is 3. The van der Waals surface area contributed by atoms with E-state index in [4.69, 9.17) is 10.7 Å². The van der Waals surface area contributed by atoms with Crippen LogP contribution in [0.2, 0.25) is 0 Å². The summed E-state index contributed by atoms with van der Waals surface area (Å²) in [5.74, 6) is 1.33. The van der Waals surface area contributed by atoms with Gasteiger partial charge in [0, 0.05) is 30.4 Å². The van der Waals surface area contributed by atoms with Crippen molar-refractivity contribution in [3.63, 3.8) is 0 Å². The van der Waals surface area contributed by atoms with E-state index in [9.17, 15) is 4.39 Å². The van der Waals surface area contributed by atoms with Crippen LogP contribution in [0.15, 0.2) is 49.1 Å². The van der Waals surface area contributed by atoms with Gasteiger partial charge in [0.15, 0.2) is 5.82 Å². The van der Waals surface area contributed by atoms with Gasteiger partial charge in [-0.25, -0.2) is 19.0 Å². The second-order valence-corrected chi connectivity index (χ2v) is 7.58. The van der Waals surface area contributed by atoms with Crippen molar-refractivity contribution < 1.29 is 4.39 Å². The number of anilines is 1. The van der Waals surface area contributed by atoms with Crippen LogP contribution in [0, 0.1) is 6.92 Å². The van der Waals surface area contributed by atoms with Crippen molar-refractivity contribution in [2.75, 3.05) is 18.0 Å². The Labute approximate surface area is 172 Å². The second kappa shape index (κ2) is 7.42. The predicted octanol–water partition coefficient (Wildman–Crippen LogP) is 2.46. The summed E-state index contributed by atoms with van der Waals surface area (Å²) < 4.78 is 15.8. The monoisotopic (exact) mass is 404 g/mol. The number of nitrogens with two attached hydrogens (primary N) is 1. The fourth-order valence-electron chi connectivity index (χ4n) is 3.80. The first-order valence-corrected chi connectivity index (χ1v) is 9.81. The minimum Gasteiger partial charge on any atom is -0.352 e. The highest BCUT2D eigenvalue weighted by Gasteiger charge is 2.26. The number of nitrogens with zero attached hydrogens (tertiary/aromatic N) is 7. The van der Waals surface area contributed by atoms with E-state index in [1.54, 1.807) is 29.5 Å². The number of aryl methyl sites for hydroxylation is 1. The van der Waals surface area contributed by atoms with Crippen molar-refractivity contribution >= 4 is 16.7 Å². The van der Waals surface area contributed by atoms with Crippen molar-refractivity contribution in [2.24, 2.45) is 5.73 Å². The molecule has 1 fully saturated rings. The second-order valence-electron chi connectivity index (χ2n) is 7.58. The van der Waals surface area contributed by atoms with Gasteiger partial charge in [-0.1, -0.05) is 6.07 Å². The molecule has 1 aliphatic heterocycles. The van der Waals surface area contributed by atoms with Gasteiger partial charge in [0.1, 0.15) is 17.7 Å². The van der Waals surface area contributed by atoms with Gasteiger partial charge >= 0.3 is 0 Å². The molecule has 0 saturated carbocycles. The molecule has 8 nitrogen and oxygen atoms in total. The minimum atomic E-state index is -0.950. The quantitative estimate of drug-likeness (QED) is 0.560. The van der Waals surface area contributed by atoms with Gasteiger partial charge in [0.05, 0.1) is 35.8 Å².